The summed E-state index contributed by atoms with van der Waals surface area (Å²) >= 11 is 5.10. The van der Waals surface area contributed by atoms with Crippen LogP contribution in [0.25, 0.3) is 11.2 Å². The average molecular weight is 313 g/mol. The minimum Gasteiger partial charge on any atom is -0.471 e. The van der Waals surface area contributed by atoms with Gasteiger partial charge < -0.3 is 14.6 Å². The lowest BCUT2D eigenvalue weighted by Crippen LogP contribution is -2.14. The van der Waals surface area contributed by atoms with Gasteiger partial charge in [0.1, 0.15) is 11.2 Å². The van der Waals surface area contributed by atoms with E-state index in [0.717, 1.165) is 5.56 Å². The Kier molecular flexibility index (Phi) is 3.97. The summed E-state index contributed by atoms with van der Waals surface area (Å²) in [4.78, 5) is 17.9. The molecule has 6 nitrogen and oxygen atoms in total. The molecule has 3 aromatic rings. The van der Waals surface area contributed by atoms with E-state index < -0.39 is 0 Å². The lowest BCUT2D eigenvalue weighted by molar-refractivity contribution is 0.297. The number of ether oxygens (including phenoxy) is 1. The van der Waals surface area contributed by atoms with Crippen LogP contribution < -0.4 is 9.64 Å². The van der Waals surface area contributed by atoms with Gasteiger partial charge in [-0.3, -0.25) is 0 Å². The molecule has 0 aliphatic heterocycles. The van der Waals surface area contributed by atoms with Crippen molar-refractivity contribution in [3.8, 4) is 5.88 Å². The fourth-order valence-electron chi connectivity index (χ4n) is 1.93. The van der Waals surface area contributed by atoms with E-state index in [9.17, 15) is 0 Å². The molecule has 0 spiro atoms. The number of anilines is 1. The molecular formula is C15H15N5OS. The van der Waals surface area contributed by atoms with Crippen LogP contribution in [-0.4, -0.2) is 34.0 Å². The molecule has 0 saturated carbocycles. The molecule has 3 rings (SSSR count). The van der Waals surface area contributed by atoms with Crippen molar-refractivity contribution in [2.45, 2.75) is 6.61 Å². The van der Waals surface area contributed by atoms with Crippen LogP contribution in [0.15, 0.2) is 36.5 Å². The Bertz CT molecular complexity index is 847. The van der Waals surface area contributed by atoms with Crippen molar-refractivity contribution >= 4 is 29.3 Å². The molecular weight excluding hydrogens is 298 g/mol. The summed E-state index contributed by atoms with van der Waals surface area (Å²) < 4.78 is 6.36. The quantitative estimate of drug-likeness (QED) is 0.747. The Morgan fingerprint density at radius 1 is 1.18 bits per heavy atom. The summed E-state index contributed by atoms with van der Waals surface area (Å²) in [6.45, 7) is 0.414. The van der Waals surface area contributed by atoms with E-state index in [1.54, 1.807) is 11.1 Å². The zero-order valence-electron chi connectivity index (χ0n) is 12.3. The first-order chi connectivity index (χ1) is 10.6. The van der Waals surface area contributed by atoms with Gasteiger partial charge in [-0.1, -0.05) is 42.5 Å². The van der Waals surface area contributed by atoms with Crippen LogP contribution in [0.5, 0.6) is 5.88 Å². The lowest BCUT2D eigenvalue weighted by Gasteiger charge is -2.13. The zero-order valence-corrected chi connectivity index (χ0v) is 13.1. The fraction of sp³-hybridized carbons (Fsp3) is 0.200. The number of aromatic nitrogens is 4. The average Bonchev–Trinajstić information content (AvgIpc) is 2.52. The smallest absolute Gasteiger partial charge is 0.247 e. The van der Waals surface area contributed by atoms with E-state index in [1.807, 2.05) is 44.4 Å². The van der Waals surface area contributed by atoms with Crippen molar-refractivity contribution in [1.82, 2.24) is 19.9 Å². The lowest BCUT2D eigenvalue weighted by atomic mass is 10.2. The van der Waals surface area contributed by atoms with Crippen LogP contribution in [-0.2, 0) is 6.61 Å². The van der Waals surface area contributed by atoms with Gasteiger partial charge in [0.15, 0.2) is 11.2 Å². The predicted molar refractivity (Wildman–Crippen MR) is 87.6 cm³/mol. The number of hydrogen-bond donors (Lipinski definition) is 1. The number of H-pyrrole nitrogens is 1. The number of fused-ring (bicyclic) bond motifs is 1. The highest BCUT2D eigenvalue weighted by molar-refractivity contribution is 7.71. The number of nitrogens with zero attached hydrogens (tertiary/aromatic N) is 4. The summed E-state index contributed by atoms with van der Waals surface area (Å²) in [6.07, 6.45) is 1.56. The molecule has 22 heavy (non-hydrogen) atoms. The molecule has 0 fully saturated rings. The van der Waals surface area contributed by atoms with Crippen molar-refractivity contribution in [3.63, 3.8) is 0 Å². The molecule has 0 radical (unpaired) electrons. The number of rotatable bonds is 4. The van der Waals surface area contributed by atoms with E-state index >= 15 is 0 Å². The molecule has 1 aromatic carbocycles. The predicted octanol–water partition coefficient (Wildman–Crippen LogP) is 2.73. The van der Waals surface area contributed by atoms with E-state index in [-0.39, 0.29) is 0 Å². The molecule has 1 N–H and O–H groups in total. The fourth-order valence-corrected chi connectivity index (χ4v) is 2.07. The summed E-state index contributed by atoms with van der Waals surface area (Å²) in [7, 11) is 3.74. The Morgan fingerprint density at radius 3 is 2.68 bits per heavy atom. The summed E-state index contributed by atoms with van der Waals surface area (Å²) in [5.41, 5.74) is 2.19. The summed E-state index contributed by atoms with van der Waals surface area (Å²) in [5.74, 6) is 0.970. The summed E-state index contributed by atoms with van der Waals surface area (Å²) in [5, 5.41) is 0. The Hall–Kier alpha value is -2.54. The molecule has 0 bridgehead atoms. The first-order valence-corrected chi connectivity index (χ1v) is 7.15. The highest BCUT2D eigenvalue weighted by atomic mass is 32.1. The van der Waals surface area contributed by atoms with Crippen molar-refractivity contribution in [2.75, 3.05) is 19.0 Å². The Labute approximate surface area is 132 Å². The first-order valence-electron chi connectivity index (χ1n) is 6.74. The van der Waals surface area contributed by atoms with Gasteiger partial charge in [0.05, 0.1) is 6.20 Å². The van der Waals surface area contributed by atoms with Crippen molar-refractivity contribution in [2.24, 2.45) is 0 Å². The van der Waals surface area contributed by atoms with Crippen LogP contribution in [0.2, 0.25) is 0 Å². The SMILES string of the molecule is CN(C)c1nc(OCc2ccccc2)c2ncc(=S)[nH]c2n1. The van der Waals surface area contributed by atoms with Crippen molar-refractivity contribution in [3.05, 3.63) is 46.7 Å². The third-order valence-corrected chi connectivity index (χ3v) is 3.22. The second kappa shape index (κ2) is 6.07. The van der Waals surface area contributed by atoms with Gasteiger partial charge in [0.2, 0.25) is 11.8 Å². The molecule has 0 atom stereocenters. The number of nitrogens with one attached hydrogen (secondary N) is 1. The third kappa shape index (κ3) is 3.04. The van der Waals surface area contributed by atoms with Gasteiger partial charge in [-0.05, 0) is 5.56 Å². The molecule has 0 aliphatic carbocycles. The van der Waals surface area contributed by atoms with Crippen LogP contribution >= 0.6 is 12.2 Å². The third-order valence-electron chi connectivity index (χ3n) is 3.01. The number of aromatic amines is 1. The maximum Gasteiger partial charge on any atom is 0.247 e. The Morgan fingerprint density at radius 2 is 1.95 bits per heavy atom. The van der Waals surface area contributed by atoms with Crippen molar-refractivity contribution < 1.29 is 4.74 Å². The van der Waals surface area contributed by atoms with Crippen LogP contribution in [0.1, 0.15) is 5.56 Å². The van der Waals surface area contributed by atoms with Crippen LogP contribution in [0, 0.1) is 4.64 Å². The molecule has 0 aliphatic rings. The minimum atomic E-state index is 0.414. The topological polar surface area (TPSA) is 66.9 Å². The molecule has 7 heteroatoms. The molecule has 0 amide bonds. The zero-order chi connectivity index (χ0) is 15.5. The minimum absolute atomic E-state index is 0.414. The molecule has 0 saturated heterocycles. The summed E-state index contributed by atoms with van der Waals surface area (Å²) in [6, 6.07) is 9.90. The number of hydrogen-bond acceptors (Lipinski definition) is 6. The van der Waals surface area contributed by atoms with Crippen LogP contribution in [0.3, 0.4) is 0 Å². The van der Waals surface area contributed by atoms with E-state index in [2.05, 4.69) is 19.9 Å². The van der Waals surface area contributed by atoms with E-state index in [1.165, 1.54) is 0 Å². The van der Waals surface area contributed by atoms with Gasteiger partial charge in [-0.25, -0.2) is 4.98 Å². The van der Waals surface area contributed by atoms with Gasteiger partial charge in [0.25, 0.3) is 0 Å². The number of benzene rings is 1. The standard InChI is InChI=1S/C15H15N5OS/c1-20(2)15-18-13-12(16-8-11(22)17-13)14(19-15)21-9-10-6-4-3-5-7-10/h3-8H,9H2,1-2H3,(H,17,18,19,22). The second-order valence-corrected chi connectivity index (χ2v) is 5.38. The molecule has 2 aromatic heterocycles. The maximum absolute atomic E-state index is 5.84. The molecule has 0 unspecified atom stereocenters. The van der Waals surface area contributed by atoms with Gasteiger partial charge in [-0.2, -0.15) is 9.97 Å². The normalized spacial score (nSPS) is 10.6. The second-order valence-electron chi connectivity index (χ2n) is 4.94. The van der Waals surface area contributed by atoms with Crippen LogP contribution in [0.4, 0.5) is 5.95 Å². The molecule has 2 heterocycles. The Balaban J connectivity index is 2.01. The van der Waals surface area contributed by atoms with E-state index in [4.69, 9.17) is 17.0 Å². The van der Waals surface area contributed by atoms with Gasteiger partial charge in [-0.15, -0.1) is 0 Å². The van der Waals surface area contributed by atoms with Gasteiger partial charge in [0, 0.05) is 14.1 Å². The van der Waals surface area contributed by atoms with Crippen molar-refractivity contribution in [1.29, 1.82) is 0 Å². The highest BCUT2D eigenvalue weighted by Gasteiger charge is 2.12. The van der Waals surface area contributed by atoms with E-state index in [0.29, 0.717) is 34.2 Å². The monoisotopic (exact) mass is 313 g/mol. The largest absolute Gasteiger partial charge is 0.471 e. The molecule has 112 valence electrons. The maximum atomic E-state index is 5.84. The van der Waals surface area contributed by atoms with Gasteiger partial charge >= 0.3 is 0 Å². The first kappa shape index (κ1) is 14.4. The highest BCUT2D eigenvalue weighted by Crippen LogP contribution is 2.22.